The fraction of sp³-hybridized carbons (Fsp3) is 0.125. The molecule has 2 aromatic carbocycles. The molecule has 0 aliphatic rings. The smallest absolute Gasteiger partial charge is 0.161 e. The molecule has 0 saturated heterocycles. The molecule has 0 amide bonds. The van der Waals surface area contributed by atoms with Crippen molar-refractivity contribution in [2.45, 2.75) is 6.92 Å². The second-order valence-electron chi connectivity index (χ2n) is 4.65. The van der Waals surface area contributed by atoms with Gasteiger partial charge in [0, 0.05) is 10.9 Å². The van der Waals surface area contributed by atoms with Crippen LogP contribution in [0.2, 0.25) is 5.15 Å². The van der Waals surface area contributed by atoms with Gasteiger partial charge in [0.25, 0.3) is 0 Å². The van der Waals surface area contributed by atoms with E-state index in [2.05, 4.69) is 9.97 Å². The molecule has 0 fully saturated rings. The number of aromatic nitrogens is 2. The average molecular weight is 303 g/mol. The van der Waals surface area contributed by atoms with E-state index in [9.17, 15) is 4.39 Å². The van der Waals surface area contributed by atoms with E-state index in [0.29, 0.717) is 11.2 Å². The van der Waals surface area contributed by atoms with Crippen molar-refractivity contribution in [3.05, 3.63) is 52.9 Å². The van der Waals surface area contributed by atoms with Crippen molar-refractivity contribution in [1.82, 2.24) is 9.97 Å². The third-order valence-corrected chi connectivity index (χ3v) is 3.59. The lowest BCUT2D eigenvalue weighted by molar-refractivity contribution is 0.415. The lowest BCUT2D eigenvalue weighted by Crippen LogP contribution is -1.96. The molecule has 3 rings (SSSR count). The van der Waals surface area contributed by atoms with Crippen molar-refractivity contribution in [2.24, 2.45) is 0 Å². The van der Waals surface area contributed by atoms with Crippen LogP contribution in [0.5, 0.6) is 5.75 Å². The van der Waals surface area contributed by atoms with Gasteiger partial charge in [0.2, 0.25) is 0 Å². The molecule has 0 N–H and O–H groups in total. The standard InChI is InChI=1S/C16H12ClFN2O/c1-9-3-8-12(18)14-13(9)15(17)20-16(19-14)10-4-6-11(21-2)7-5-10/h3-8H,1-2H3. The minimum Gasteiger partial charge on any atom is -0.497 e. The molecule has 0 atom stereocenters. The molecule has 0 aliphatic heterocycles. The first-order valence-corrected chi connectivity index (χ1v) is 6.74. The summed E-state index contributed by atoms with van der Waals surface area (Å²) in [6.45, 7) is 1.85. The molecular weight excluding hydrogens is 291 g/mol. The van der Waals surface area contributed by atoms with E-state index < -0.39 is 5.82 Å². The van der Waals surface area contributed by atoms with Crippen LogP contribution in [-0.2, 0) is 0 Å². The van der Waals surface area contributed by atoms with Crippen molar-refractivity contribution in [1.29, 1.82) is 0 Å². The van der Waals surface area contributed by atoms with Gasteiger partial charge in [-0.1, -0.05) is 17.7 Å². The minimum absolute atomic E-state index is 0.237. The van der Waals surface area contributed by atoms with Gasteiger partial charge in [0.05, 0.1) is 7.11 Å². The van der Waals surface area contributed by atoms with Crippen molar-refractivity contribution in [3.63, 3.8) is 0 Å². The predicted molar refractivity (Wildman–Crippen MR) is 81.2 cm³/mol. The number of hydrogen-bond donors (Lipinski definition) is 0. The van der Waals surface area contributed by atoms with Gasteiger partial charge < -0.3 is 4.74 Å². The highest BCUT2D eigenvalue weighted by Crippen LogP contribution is 2.29. The number of halogens is 2. The molecule has 0 spiro atoms. The molecule has 0 bridgehead atoms. The first-order chi connectivity index (χ1) is 10.1. The van der Waals surface area contributed by atoms with Gasteiger partial charge in [-0.25, -0.2) is 14.4 Å². The summed E-state index contributed by atoms with van der Waals surface area (Å²) in [6.07, 6.45) is 0. The number of benzene rings is 2. The fourth-order valence-corrected chi connectivity index (χ4v) is 2.50. The number of methoxy groups -OCH3 is 1. The van der Waals surface area contributed by atoms with Gasteiger partial charge in [-0.15, -0.1) is 0 Å². The summed E-state index contributed by atoms with van der Waals surface area (Å²) in [5.74, 6) is 0.710. The Balaban J connectivity index is 2.22. The van der Waals surface area contributed by atoms with E-state index in [1.165, 1.54) is 6.07 Å². The van der Waals surface area contributed by atoms with Crippen LogP contribution in [-0.4, -0.2) is 17.1 Å². The normalized spacial score (nSPS) is 10.9. The molecule has 0 radical (unpaired) electrons. The molecule has 0 saturated carbocycles. The van der Waals surface area contributed by atoms with Crippen LogP contribution < -0.4 is 4.74 Å². The van der Waals surface area contributed by atoms with Crippen LogP contribution in [0.1, 0.15) is 5.56 Å². The zero-order chi connectivity index (χ0) is 15.0. The molecule has 3 aromatic rings. The van der Waals surface area contributed by atoms with E-state index in [-0.39, 0.29) is 10.7 Å². The maximum absolute atomic E-state index is 14.0. The number of hydrogen-bond acceptors (Lipinski definition) is 3. The van der Waals surface area contributed by atoms with Crippen molar-refractivity contribution in [3.8, 4) is 17.1 Å². The van der Waals surface area contributed by atoms with E-state index in [0.717, 1.165) is 16.9 Å². The molecule has 106 valence electrons. The molecule has 1 aromatic heterocycles. The quantitative estimate of drug-likeness (QED) is 0.658. The average Bonchev–Trinajstić information content (AvgIpc) is 2.50. The Hall–Kier alpha value is -2.20. The third-order valence-electron chi connectivity index (χ3n) is 3.31. The summed E-state index contributed by atoms with van der Waals surface area (Å²) in [5, 5.41) is 0.803. The van der Waals surface area contributed by atoms with Crippen LogP contribution in [0.4, 0.5) is 4.39 Å². The van der Waals surface area contributed by atoms with Crippen molar-refractivity contribution in [2.75, 3.05) is 7.11 Å². The lowest BCUT2D eigenvalue weighted by Gasteiger charge is -2.08. The van der Waals surface area contributed by atoms with Gasteiger partial charge in [-0.3, -0.25) is 0 Å². The van der Waals surface area contributed by atoms with Crippen molar-refractivity contribution < 1.29 is 9.13 Å². The van der Waals surface area contributed by atoms with Crippen LogP contribution >= 0.6 is 11.6 Å². The Morgan fingerprint density at radius 1 is 1.05 bits per heavy atom. The highest BCUT2D eigenvalue weighted by Gasteiger charge is 2.13. The van der Waals surface area contributed by atoms with Gasteiger partial charge in [0.15, 0.2) is 5.82 Å². The summed E-state index contributed by atoms with van der Waals surface area (Å²) in [6, 6.07) is 10.3. The van der Waals surface area contributed by atoms with Crippen LogP contribution in [0, 0.1) is 12.7 Å². The lowest BCUT2D eigenvalue weighted by atomic mass is 10.1. The predicted octanol–water partition coefficient (Wildman–Crippen LogP) is 4.41. The minimum atomic E-state index is -0.408. The Morgan fingerprint density at radius 3 is 2.43 bits per heavy atom. The zero-order valence-corrected chi connectivity index (χ0v) is 12.3. The molecule has 5 heteroatoms. The van der Waals surface area contributed by atoms with Crippen LogP contribution in [0.15, 0.2) is 36.4 Å². The third kappa shape index (κ3) is 2.43. The Labute approximate surface area is 126 Å². The zero-order valence-electron chi connectivity index (χ0n) is 11.5. The van der Waals surface area contributed by atoms with Crippen LogP contribution in [0.3, 0.4) is 0 Å². The summed E-state index contributed by atoms with van der Waals surface area (Å²) < 4.78 is 19.1. The number of rotatable bonds is 2. The highest BCUT2D eigenvalue weighted by molar-refractivity contribution is 6.34. The molecule has 3 nitrogen and oxygen atoms in total. The van der Waals surface area contributed by atoms with Gasteiger partial charge in [0.1, 0.15) is 22.2 Å². The number of aryl methyl sites for hydroxylation is 1. The number of nitrogens with zero attached hydrogens (tertiary/aromatic N) is 2. The summed E-state index contributed by atoms with van der Waals surface area (Å²) in [7, 11) is 1.59. The van der Waals surface area contributed by atoms with E-state index in [1.54, 1.807) is 25.3 Å². The summed E-state index contributed by atoms with van der Waals surface area (Å²) in [5.41, 5.74) is 1.83. The van der Waals surface area contributed by atoms with Crippen molar-refractivity contribution >= 4 is 22.5 Å². The molecule has 21 heavy (non-hydrogen) atoms. The second kappa shape index (κ2) is 5.30. The van der Waals surface area contributed by atoms with Gasteiger partial charge in [-0.05, 0) is 42.8 Å². The molecular formula is C16H12ClFN2O. The summed E-state index contributed by atoms with van der Waals surface area (Å²) >= 11 is 6.21. The maximum atomic E-state index is 14.0. The van der Waals surface area contributed by atoms with E-state index in [4.69, 9.17) is 16.3 Å². The first kappa shape index (κ1) is 13.8. The number of fused-ring (bicyclic) bond motifs is 1. The Kier molecular flexibility index (Phi) is 3.47. The highest BCUT2D eigenvalue weighted by atomic mass is 35.5. The van der Waals surface area contributed by atoms with Gasteiger partial charge >= 0.3 is 0 Å². The van der Waals surface area contributed by atoms with Crippen LogP contribution in [0.25, 0.3) is 22.3 Å². The molecule has 0 unspecified atom stereocenters. The van der Waals surface area contributed by atoms with E-state index >= 15 is 0 Å². The molecule has 1 heterocycles. The monoisotopic (exact) mass is 302 g/mol. The second-order valence-corrected chi connectivity index (χ2v) is 5.01. The van der Waals surface area contributed by atoms with E-state index in [1.807, 2.05) is 19.1 Å². The largest absolute Gasteiger partial charge is 0.497 e. The SMILES string of the molecule is COc1ccc(-c2nc(Cl)c3c(C)ccc(F)c3n2)cc1. The maximum Gasteiger partial charge on any atom is 0.161 e. The Bertz CT molecular complexity index is 819. The molecule has 0 aliphatic carbocycles. The fourth-order valence-electron chi connectivity index (χ4n) is 2.19. The first-order valence-electron chi connectivity index (χ1n) is 6.37. The van der Waals surface area contributed by atoms with Gasteiger partial charge in [-0.2, -0.15) is 0 Å². The summed E-state index contributed by atoms with van der Waals surface area (Å²) in [4.78, 5) is 8.59. The topological polar surface area (TPSA) is 35.0 Å². The number of ether oxygens (including phenoxy) is 1. The Morgan fingerprint density at radius 2 is 1.76 bits per heavy atom.